The number of hydrogen-bond acceptors (Lipinski definition) is 5. The van der Waals surface area contributed by atoms with Crippen LogP contribution in [0, 0.1) is 6.92 Å². The second-order valence-electron chi connectivity index (χ2n) is 9.24. The highest BCUT2D eigenvalue weighted by atomic mass is 79.9. The molecule has 8 heteroatoms. The van der Waals surface area contributed by atoms with Gasteiger partial charge in [0.25, 0.3) is 5.91 Å². The van der Waals surface area contributed by atoms with Crippen molar-refractivity contribution in [1.29, 1.82) is 0 Å². The fourth-order valence-electron chi connectivity index (χ4n) is 3.74. The molecule has 180 valence electrons. The molecule has 1 aromatic heterocycles. The van der Waals surface area contributed by atoms with Crippen molar-refractivity contribution in [3.8, 4) is 17.2 Å². The number of ether oxygens (including phenoxy) is 1. The monoisotopic (exact) mass is 551 g/mol. The van der Waals surface area contributed by atoms with Gasteiger partial charge in [0.2, 0.25) is 5.89 Å². The number of halogens is 1. The number of aromatic nitrogens is 1. The van der Waals surface area contributed by atoms with Crippen LogP contribution in [0.4, 0.5) is 5.69 Å². The number of oxazole rings is 1. The second-order valence-corrected chi connectivity index (χ2v) is 10.6. The minimum Gasteiger partial charge on any atom is -0.496 e. The molecule has 0 aliphatic heterocycles. The Morgan fingerprint density at radius 3 is 2.46 bits per heavy atom. The van der Waals surface area contributed by atoms with Crippen LogP contribution < -0.4 is 15.4 Å². The summed E-state index contributed by atoms with van der Waals surface area (Å²) in [6, 6.07) is 17.3. The predicted octanol–water partition coefficient (Wildman–Crippen LogP) is 7.00. The number of methoxy groups -OCH3 is 1. The van der Waals surface area contributed by atoms with E-state index in [9.17, 15) is 4.79 Å². The fourth-order valence-corrected chi connectivity index (χ4v) is 4.53. The molecular formula is C27H26BrN3O3S. The highest BCUT2D eigenvalue weighted by Gasteiger charge is 2.18. The van der Waals surface area contributed by atoms with Crippen LogP contribution >= 0.6 is 28.1 Å². The van der Waals surface area contributed by atoms with E-state index in [0.29, 0.717) is 34.0 Å². The number of nitrogens with one attached hydrogen (secondary N) is 2. The molecule has 0 aliphatic carbocycles. The van der Waals surface area contributed by atoms with E-state index in [1.54, 1.807) is 6.07 Å². The van der Waals surface area contributed by atoms with E-state index in [0.717, 1.165) is 15.6 Å². The summed E-state index contributed by atoms with van der Waals surface area (Å²) < 4.78 is 12.1. The molecule has 0 fully saturated rings. The number of carbonyl (C=O) groups excluding carboxylic acids is 1. The lowest BCUT2D eigenvalue weighted by molar-refractivity contribution is 0.0974. The van der Waals surface area contributed by atoms with Gasteiger partial charge in [0.15, 0.2) is 10.7 Å². The van der Waals surface area contributed by atoms with Crippen molar-refractivity contribution < 1.29 is 13.9 Å². The van der Waals surface area contributed by atoms with Crippen molar-refractivity contribution >= 4 is 56.0 Å². The molecule has 0 radical (unpaired) electrons. The summed E-state index contributed by atoms with van der Waals surface area (Å²) in [5.74, 6) is 0.679. The van der Waals surface area contributed by atoms with E-state index in [2.05, 4.69) is 64.5 Å². The zero-order valence-electron chi connectivity index (χ0n) is 20.2. The highest BCUT2D eigenvalue weighted by Crippen LogP contribution is 2.30. The van der Waals surface area contributed by atoms with Gasteiger partial charge in [0, 0.05) is 15.7 Å². The summed E-state index contributed by atoms with van der Waals surface area (Å²) in [5, 5.41) is 5.91. The van der Waals surface area contributed by atoms with Crippen LogP contribution in [0.2, 0.25) is 0 Å². The van der Waals surface area contributed by atoms with Crippen molar-refractivity contribution in [2.24, 2.45) is 0 Å². The number of nitrogens with zero attached hydrogens (tertiary/aromatic N) is 1. The maximum atomic E-state index is 12.8. The average molecular weight is 552 g/mol. The standard InChI is InChI=1S/C27H26BrN3O3S/c1-15-12-18(28)13-20(23(15)33-5)24(32)31-26(35)29-19-10-11-22-21(14-19)30-25(34-22)16-6-8-17(9-7-16)27(2,3)4/h6-14H,1-5H3,(H2,29,31,32,35). The van der Waals surface area contributed by atoms with Crippen LogP contribution in [0.5, 0.6) is 5.75 Å². The SMILES string of the molecule is COc1c(C)cc(Br)cc1C(=O)NC(=S)Nc1ccc2oc(-c3ccc(C(C)(C)C)cc3)nc2c1. The Kier molecular flexibility index (Phi) is 6.96. The van der Waals surface area contributed by atoms with E-state index >= 15 is 0 Å². The Morgan fingerprint density at radius 1 is 1.09 bits per heavy atom. The molecule has 2 N–H and O–H groups in total. The zero-order chi connectivity index (χ0) is 25.3. The van der Waals surface area contributed by atoms with Crippen LogP contribution in [-0.4, -0.2) is 23.1 Å². The number of hydrogen-bond donors (Lipinski definition) is 2. The van der Waals surface area contributed by atoms with E-state index in [1.165, 1.54) is 12.7 Å². The van der Waals surface area contributed by atoms with Crippen molar-refractivity contribution in [3.63, 3.8) is 0 Å². The first-order valence-corrected chi connectivity index (χ1v) is 12.2. The number of thiocarbonyl (C=S) groups is 1. The van der Waals surface area contributed by atoms with Gasteiger partial charge in [-0.1, -0.05) is 48.8 Å². The highest BCUT2D eigenvalue weighted by molar-refractivity contribution is 9.10. The predicted molar refractivity (Wildman–Crippen MR) is 147 cm³/mol. The molecule has 0 saturated carbocycles. The molecule has 0 saturated heterocycles. The molecule has 6 nitrogen and oxygen atoms in total. The lowest BCUT2D eigenvalue weighted by atomic mass is 9.87. The average Bonchev–Trinajstić information content (AvgIpc) is 3.21. The van der Waals surface area contributed by atoms with Gasteiger partial charge in [-0.3, -0.25) is 10.1 Å². The van der Waals surface area contributed by atoms with Crippen LogP contribution in [0.1, 0.15) is 42.3 Å². The third-order valence-corrected chi connectivity index (χ3v) is 6.22. The van der Waals surface area contributed by atoms with Crippen molar-refractivity contribution in [1.82, 2.24) is 10.3 Å². The molecule has 1 heterocycles. The van der Waals surface area contributed by atoms with Crippen LogP contribution in [0.15, 0.2) is 63.5 Å². The molecule has 4 aromatic rings. The number of carbonyl (C=O) groups is 1. The van der Waals surface area contributed by atoms with Gasteiger partial charge in [-0.15, -0.1) is 0 Å². The Morgan fingerprint density at radius 2 is 1.80 bits per heavy atom. The molecule has 1 amide bonds. The van der Waals surface area contributed by atoms with Gasteiger partial charge < -0.3 is 14.5 Å². The summed E-state index contributed by atoms with van der Waals surface area (Å²) in [4.78, 5) is 17.5. The fraction of sp³-hybridized carbons (Fsp3) is 0.222. The quantitative estimate of drug-likeness (QED) is 0.266. The molecule has 35 heavy (non-hydrogen) atoms. The maximum Gasteiger partial charge on any atom is 0.261 e. The van der Waals surface area contributed by atoms with E-state index in [4.69, 9.17) is 21.4 Å². The second kappa shape index (κ2) is 9.79. The zero-order valence-corrected chi connectivity index (χ0v) is 22.6. The minimum atomic E-state index is -0.368. The molecule has 0 bridgehead atoms. The molecule has 0 aliphatic rings. The minimum absolute atomic E-state index is 0.0786. The number of anilines is 1. The Bertz CT molecular complexity index is 1420. The normalized spacial score (nSPS) is 11.4. The molecule has 3 aromatic carbocycles. The number of amides is 1. The Hall–Kier alpha value is -3.23. The molecule has 0 atom stereocenters. The number of fused-ring (bicyclic) bond motifs is 1. The van der Waals surface area contributed by atoms with Crippen molar-refractivity contribution in [2.75, 3.05) is 12.4 Å². The van der Waals surface area contributed by atoms with Crippen LogP contribution in [0.25, 0.3) is 22.6 Å². The third-order valence-electron chi connectivity index (χ3n) is 5.56. The molecule has 4 rings (SSSR count). The number of aryl methyl sites for hydroxylation is 1. The summed E-state index contributed by atoms with van der Waals surface area (Å²) in [6.07, 6.45) is 0. The largest absolute Gasteiger partial charge is 0.496 e. The van der Waals surface area contributed by atoms with Crippen LogP contribution in [-0.2, 0) is 5.41 Å². The summed E-state index contributed by atoms with van der Waals surface area (Å²) in [5.41, 5.74) is 5.49. The van der Waals surface area contributed by atoms with E-state index < -0.39 is 0 Å². The molecule has 0 unspecified atom stereocenters. The van der Waals surface area contributed by atoms with Crippen LogP contribution in [0.3, 0.4) is 0 Å². The summed E-state index contributed by atoms with van der Waals surface area (Å²) >= 11 is 8.78. The topological polar surface area (TPSA) is 76.4 Å². The van der Waals surface area contributed by atoms with Gasteiger partial charge in [0.05, 0.1) is 12.7 Å². The smallest absolute Gasteiger partial charge is 0.261 e. The van der Waals surface area contributed by atoms with E-state index in [1.807, 2.05) is 43.3 Å². The van der Waals surface area contributed by atoms with Gasteiger partial charge in [0.1, 0.15) is 11.3 Å². The first-order chi connectivity index (χ1) is 16.5. The number of rotatable bonds is 4. The third kappa shape index (κ3) is 5.55. The van der Waals surface area contributed by atoms with Gasteiger partial charge in [-0.25, -0.2) is 4.98 Å². The van der Waals surface area contributed by atoms with Gasteiger partial charge >= 0.3 is 0 Å². The van der Waals surface area contributed by atoms with Gasteiger partial charge in [-0.2, -0.15) is 0 Å². The first kappa shape index (κ1) is 24.9. The van der Waals surface area contributed by atoms with Gasteiger partial charge in [-0.05, 0) is 78.1 Å². The Balaban J connectivity index is 1.49. The summed E-state index contributed by atoms with van der Waals surface area (Å²) in [7, 11) is 1.53. The van der Waals surface area contributed by atoms with E-state index in [-0.39, 0.29) is 16.4 Å². The lowest BCUT2D eigenvalue weighted by Crippen LogP contribution is -2.34. The Labute approximate surface area is 218 Å². The number of benzene rings is 3. The lowest BCUT2D eigenvalue weighted by Gasteiger charge is -2.18. The van der Waals surface area contributed by atoms with Crippen molar-refractivity contribution in [2.45, 2.75) is 33.1 Å². The maximum absolute atomic E-state index is 12.8. The summed E-state index contributed by atoms with van der Waals surface area (Å²) in [6.45, 7) is 8.41. The van der Waals surface area contributed by atoms with Crippen molar-refractivity contribution in [3.05, 3.63) is 75.8 Å². The first-order valence-electron chi connectivity index (χ1n) is 11.0. The molecule has 0 spiro atoms. The molecular weight excluding hydrogens is 526 g/mol.